The summed E-state index contributed by atoms with van der Waals surface area (Å²) in [5.41, 5.74) is 0. The van der Waals surface area contributed by atoms with Gasteiger partial charge in [-0.1, -0.05) is 251 Å². The Hall–Kier alpha value is -1.10. The number of unbranched alkanes of at least 4 members (excludes halogenated alkanes) is 37. The van der Waals surface area contributed by atoms with Gasteiger partial charge in [-0.3, -0.25) is 9.59 Å². The highest BCUT2D eigenvalue weighted by Gasteiger charge is 2.16. The number of ether oxygens (including phenoxy) is 2. The first-order valence-corrected chi connectivity index (χ1v) is 24.1. The standard InChI is InChI=1S/C48H94O5/c1-3-5-7-9-11-13-15-16-17-18-19-20-21-22-23-24-25-26-27-28-29-30-31-33-35-37-39-41-43-48(51)53-46(44-49)45-52-47(50)42-40-38-36-34-32-14-12-10-8-6-4-2/h46,49H,3-45H2,1-2H3. The normalized spacial score (nSPS) is 12.0. The molecular formula is C48H94O5. The van der Waals surface area contributed by atoms with Gasteiger partial charge in [0.05, 0.1) is 6.61 Å². The fraction of sp³-hybridized carbons (Fsp3) is 0.958. The monoisotopic (exact) mass is 751 g/mol. The van der Waals surface area contributed by atoms with Gasteiger partial charge in [-0.05, 0) is 12.8 Å². The van der Waals surface area contributed by atoms with Crippen LogP contribution in [0.25, 0.3) is 0 Å². The first-order chi connectivity index (χ1) is 26.1. The molecule has 0 rings (SSSR count). The molecule has 0 aromatic carbocycles. The maximum absolute atomic E-state index is 12.2. The third-order valence-electron chi connectivity index (χ3n) is 11.2. The molecule has 5 nitrogen and oxygen atoms in total. The molecular weight excluding hydrogens is 657 g/mol. The van der Waals surface area contributed by atoms with E-state index in [0.29, 0.717) is 12.8 Å². The van der Waals surface area contributed by atoms with Gasteiger partial charge in [0.15, 0.2) is 6.10 Å². The molecule has 0 spiro atoms. The van der Waals surface area contributed by atoms with Crippen LogP contribution in [-0.4, -0.2) is 36.4 Å². The van der Waals surface area contributed by atoms with Crippen molar-refractivity contribution in [3.05, 3.63) is 0 Å². The summed E-state index contributed by atoms with van der Waals surface area (Å²) in [6.45, 7) is 4.17. The van der Waals surface area contributed by atoms with Crippen LogP contribution in [0.15, 0.2) is 0 Å². The van der Waals surface area contributed by atoms with Crippen LogP contribution >= 0.6 is 0 Å². The number of aliphatic hydroxyl groups excluding tert-OH is 1. The molecule has 0 saturated heterocycles. The van der Waals surface area contributed by atoms with Crippen LogP contribution in [-0.2, 0) is 19.1 Å². The van der Waals surface area contributed by atoms with Gasteiger partial charge in [0.1, 0.15) is 6.61 Å². The van der Waals surface area contributed by atoms with Crippen molar-refractivity contribution in [1.82, 2.24) is 0 Å². The average molecular weight is 751 g/mol. The number of aliphatic hydroxyl groups is 1. The summed E-state index contributed by atoms with van der Waals surface area (Å²) in [7, 11) is 0. The fourth-order valence-corrected chi connectivity index (χ4v) is 7.50. The van der Waals surface area contributed by atoms with Crippen molar-refractivity contribution in [1.29, 1.82) is 0 Å². The van der Waals surface area contributed by atoms with E-state index in [2.05, 4.69) is 13.8 Å². The Bertz CT molecular complexity index is 725. The molecule has 0 bridgehead atoms. The summed E-state index contributed by atoms with van der Waals surface area (Å²) in [5, 5.41) is 9.57. The SMILES string of the molecule is CCCCCCCCCCCCCCCCCCCCCCCCCCCCCCC(=O)OC(CO)COC(=O)CCCCCCCCCCCCC. The lowest BCUT2D eigenvalue weighted by Gasteiger charge is -2.15. The van der Waals surface area contributed by atoms with Crippen LogP contribution in [0.5, 0.6) is 0 Å². The highest BCUT2D eigenvalue weighted by atomic mass is 16.6. The largest absolute Gasteiger partial charge is 0.462 e. The van der Waals surface area contributed by atoms with Crippen LogP contribution < -0.4 is 0 Å². The van der Waals surface area contributed by atoms with Crippen molar-refractivity contribution >= 4 is 11.9 Å². The molecule has 1 unspecified atom stereocenters. The number of carbonyl (C=O) groups excluding carboxylic acids is 2. The number of hydrogen-bond donors (Lipinski definition) is 1. The molecule has 316 valence electrons. The van der Waals surface area contributed by atoms with E-state index in [1.807, 2.05) is 0 Å². The van der Waals surface area contributed by atoms with Crippen LogP contribution in [0.1, 0.15) is 277 Å². The minimum absolute atomic E-state index is 0.0569. The first-order valence-electron chi connectivity index (χ1n) is 24.1. The van der Waals surface area contributed by atoms with E-state index < -0.39 is 6.10 Å². The lowest BCUT2D eigenvalue weighted by atomic mass is 10.0. The van der Waals surface area contributed by atoms with E-state index in [1.54, 1.807) is 0 Å². The fourth-order valence-electron chi connectivity index (χ4n) is 7.50. The second-order valence-electron chi connectivity index (χ2n) is 16.6. The third kappa shape index (κ3) is 43.5. The van der Waals surface area contributed by atoms with Crippen LogP contribution in [0.2, 0.25) is 0 Å². The van der Waals surface area contributed by atoms with E-state index >= 15 is 0 Å². The minimum atomic E-state index is -0.762. The maximum Gasteiger partial charge on any atom is 0.306 e. The quantitative estimate of drug-likeness (QED) is 0.0495. The summed E-state index contributed by atoms with van der Waals surface area (Å²) in [6, 6.07) is 0. The summed E-state index contributed by atoms with van der Waals surface area (Å²) < 4.78 is 10.6. The van der Waals surface area contributed by atoms with E-state index in [9.17, 15) is 14.7 Å². The highest BCUT2D eigenvalue weighted by molar-refractivity contribution is 5.70. The molecule has 0 aliphatic carbocycles. The molecule has 1 N–H and O–H groups in total. The second kappa shape index (κ2) is 45.3. The smallest absolute Gasteiger partial charge is 0.306 e. The molecule has 53 heavy (non-hydrogen) atoms. The zero-order valence-corrected chi connectivity index (χ0v) is 36.1. The molecule has 0 aromatic heterocycles. The zero-order valence-electron chi connectivity index (χ0n) is 36.1. The second-order valence-corrected chi connectivity index (χ2v) is 16.6. The maximum atomic E-state index is 12.2. The Balaban J connectivity index is 3.37. The van der Waals surface area contributed by atoms with E-state index in [0.717, 1.165) is 32.1 Å². The Morgan fingerprint density at radius 3 is 0.830 bits per heavy atom. The molecule has 0 aromatic rings. The molecule has 0 amide bonds. The van der Waals surface area contributed by atoms with E-state index in [-0.39, 0.29) is 25.2 Å². The van der Waals surface area contributed by atoms with Gasteiger partial charge in [0, 0.05) is 12.8 Å². The number of rotatable bonds is 45. The van der Waals surface area contributed by atoms with Crippen molar-refractivity contribution < 1.29 is 24.2 Å². The molecule has 0 saturated carbocycles. The molecule has 0 fully saturated rings. The predicted molar refractivity (Wildman–Crippen MR) is 229 cm³/mol. The Morgan fingerprint density at radius 1 is 0.358 bits per heavy atom. The van der Waals surface area contributed by atoms with Crippen molar-refractivity contribution in [3.63, 3.8) is 0 Å². The average Bonchev–Trinajstić information content (AvgIpc) is 3.16. The first kappa shape index (κ1) is 51.9. The molecule has 0 radical (unpaired) electrons. The molecule has 1 atom stereocenters. The Kier molecular flexibility index (Phi) is 44.4. The summed E-state index contributed by atoms with van der Waals surface area (Å²) in [5.74, 6) is -0.573. The highest BCUT2D eigenvalue weighted by Crippen LogP contribution is 2.17. The van der Waals surface area contributed by atoms with Gasteiger partial charge in [-0.25, -0.2) is 0 Å². The van der Waals surface area contributed by atoms with Gasteiger partial charge in [-0.15, -0.1) is 0 Å². The Morgan fingerprint density at radius 2 is 0.585 bits per heavy atom. The predicted octanol–water partition coefficient (Wildman–Crippen LogP) is 15.5. The Labute approximate surface area is 331 Å². The van der Waals surface area contributed by atoms with Gasteiger partial charge in [0.25, 0.3) is 0 Å². The topological polar surface area (TPSA) is 72.8 Å². The van der Waals surface area contributed by atoms with Crippen LogP contribution in [0.3, 0.4) is 0 Å². The van der Waals surface area contributed by atoms with Crippen molar-refractivity contribution in [3.8, 4) is 0 Å². The number of esters is 2. The minimum Gasteiger partial charge on any atom is -0.462 e. The van der Waals surface area contributed by atoms with Crippen molar-refractivity contribution in [2.24, 2.45) is 0 Å². The molecule has 0 aliphatic rings. The van der Waals surface area contributed by atoms with Gasteiger partial charge in [-0.2, -0.15) is 0 Å². The van der Waals surface area contributed by atoms with E-state index in [4.69, 9.17) is 9.47 Å². The number of carbonyl (C=O) groups is 2. The molecule has 0 heterocycles. The number of hydrogen-bond acceptors (Lipinski definition) is 5. The van der Waals surface area contributed by atoms with E-state index in [1.165, 1.54) is 218 Å². The van der Waals surface area contributed by atoms with Crippen LogP contribution in [0.4, 0.5) is 0 Å². The molecule has 5 heteroatoms. The lowest BCUT2D eigenvalue weighted by molar-refractivity contribution is -0.161. The van der Waals surface area contributed by atoms with Crippen molar-refractivity contribution in [2.45, 2.75) is 283 Å². The van der Waals surface area contributed by atoms with Gasteiger partial charge >= 0.3 is 11.9 Å². The zero-order chi connectivity index (χ0) is 38.6. The third-order valence-corrected chi connectivity index (χ3v) is 11.2. The summed E-state index contributed by atoms with van der Waals surface area (Å²) in [6.07, 6.45) is 52.1. The summed E-state index contributed by atoms with van der Waals surface area (Å²) >= 11 is 0. The van der Waals surface area contributed by atoms with Gasteiger partial charge in [0.2, 0.25) is 0 Å². The lowest BCUT2D eigenvalue weighted by Crippen LogP contribution is -2.28. The summed E-state index contributed by atoms with van der Waals surface area (Å²) in [4.78, 5) is 24.3. The van der Waals surface area contributed by atoms with Gasteiger partial charge < -0.3 is 14.6 Å². The van der Waals surface area contributed by atoms with Crippen LogP contribution in [0, 0.1) is 0 Å². The van der Waals surface area contributed by atoms with Crippen molar-refractivity contribution in [2.75, 3.05) is 13.2 Å². The molecule has 0 aliphatic heterocycles.